The van der Waals surface area contributed by atoms with Crippen molar-refractivity contribution in [1.82, 2.24) is 4.98 Å². The van der Waals surface area contributed by atoms with Gasteiger partial charge in [0.15, 0.2) is 0 Å². The molecule has 1 heterocycles. The molecule has 0 amide bonds. The lowest BCUT2D eigenvalue weighted by atomic mass is 10.1. The maximum absolute atomic E-state index is 13.4. The SMILES string of the molecule is COC(=O)Cc1c(F)ncc([N+](=O)[O-])c1OC(F)(F)F. The average molecular weight is 298 g/mol. The average Bonchev–Trinajstić information content (AvgIpc) is 2.31. The summed E-state index contributed by atoms with van der Waals surface area (Å²) >= 11 is 0. The molecule has 0 fully saturated rings. The molecule has 0 saturated heterocycles. The lowest BCUT2D eigenvalue weighted by Gasteiger charge is -2.12. The van der Waals surface area contributed by atoms with E-state index in [0.717, 1.165) is 7.11 Å². The molecular weight excluding hydrogens is 292 g/mol. The second kappa shape index (κ2) is 5.67. The van der Waals surface area contributed by atoms with E-state index in [1.807, 2.05) is 0 Å². The predicted octanol–water partition coefficient (Wildman–Crippen LogP) is 1.74. The van der Waals surface area contributed by atoms with Crippen molar-refractivity contribution in [2.75, 3.05) is 7.11 Å². The van der Waals surface area contributed by atoms with Gasteiger partial charge >= 0.3 is 18.0 Å². The molecule has 0 unspecified atom stereocenters. The van der Waals surface area contributed by atoms with Crippen LogP contribution in [0.4, 0.5) is 23.2 Å². The van der Waals surface area contributed by atoms with Gasteiger partial charge in [0.1, 0.15) is 6.20 Å². The number of rotatable bonds is 4. The molecule has 0 aliphatic heterocycles. The number of aromatic nitrogens is 1. The standard InChI is InChI=1S/C9H6F4N2O5/c1-19-6(16)2-4-7(20-9(11,12)13)5(15(17)18)3-14-8(4)10/h3H,2H2,1H3. The molecule has 0 atom stereocenters. The predicted molar refractivity (Wildman–Crippen MR) is 53.3 cm³/mol. The van der Waals surface area contributed by atoms with E-state index in [1.54, 1.807) is 0 Å². The highest BCUT2D eigenvalue weighted by Crippen LogP contribution is 2.36. The fourth-order valence-electron chi connectivity index (χ4n) is 1.23. The van der Waals surface area contributed by atoms with Gasteiger partial charge in [-0.3, -0.25) is 14.9 Å². The summed E-state index contributed by atoms with van der Waals surface area (Å²) in [6.07, 6.45) is -6.04. The summed E-state index contributed by atoms with van der Waals surface area (Å²) in [7, 11) is 0.912. The maximum atomic E-state index is 13.4. The van der Waals surface area contributed by atoms with Crippen LogP contribution in [-0.2, 0) is 16.0 Å². The van der Waals surface area contributed by atoms with Crippen molar-refractivity contribution >= 4 is 11.7 Å². The van der Waals surface area contributed by atoms with Gasteiger partial charge < -0.3 is 9.47 Å². The van der Waals surface area contributed by atoms with Crippen LogP contribution in [-0.4, -0.2) is 29.3 Å². The third-order valence-corrected chi connectivity index (χ3v) is 2.02. The minimum atomic E-state index is -5.30. The number of methoxy groups -OCH3 is 1. The molecule has 1 aromatic heterocycles. The molecule has 7 nitrogen and oxygen atoms in total. The van der Waals surface area contributed by atoms with E-state index in [0.29, 0.717) is 0 Å². The molecule has 11 heteroatoms. The number of hydrogen-bond acceptors (Lipinski definition) is 6. The third kappa shape index (κ3) is 3.76. The molecule has 0 spiro atoms. The maximum Gasteiger partial charge on any atom is 0.573 e. The van der Waals surface area contributed by atoms with Crippen LogP contribution in [0.15, 0.2) is 6.20 Å². The van der Waals surface area contributed by atoms with Crippen LogP contribution in [0.3, 0.4) is 0 Å². The van der Waals surface area contributed by atoms with E-state index in [-0.39, 0.29) is 6.20 Å². The second-order valence-electron chi connectivity index (χ2n) is 3.30. The van der Waals surface area contributed by atoms with Crippen LogP contribution in [0.1, 0.15) is 5.56 Å². The largest absolute Gasteiger partial charge is 0.573 e. The molecule has 110 valence electrons. The molecule has 0 aliphatic carbocycles. The van der Waals surface area contributed by atoms with E-state index in [1.165, 1.54) is 0 Å². The van der Waals surface area contributed by atoms with Gasteiger partial charge in [-0.15, -0.1) is 13.2 Å². The zero-order chi connectivity index (χ0) is 15.5. The lowest BCUT2D eigenvalue weighted by molar-refractivity contribution is -0.389. The van der Waals surface area contributed by atoms with Crippen LogP contribution in [0.25, 0.3) is 0 Å². The Kier molecular flexibility index (Phi) is 4.42. The molecule has 0 N–H and O–H groups in total. The molecule has 1 aromatic rings. The minimum absolute atomic E-state index is 0.261. The lowest BCUT2D eigenvalue weighted by Crippen LogP contribution is -2.21. The van der Waals surface area contributed by atoms with Gasteiger partial charge in [0.2, 0.25) is 11.7 Å². The van der Waals surface area contributed by atoms with Crippen LogP contribution < -0.4 is 4.74 Å². The van der Waals surface area contributed by atoms with E-state index < -0.39 is 46.6 Å². The summed E-state index contributed by atoms with van der Waals surface area (Å²) in [6, 6.07) is 0. The summed E-state index contributed by atoms with van der Waals surface area (Å²) in [5.41, 5.74) is -2.23. The Balaban J connectivity index is 3.41. The second-order valence-corrected chi connectivity index (χ2v) is 3.30. The summed E-state index contributed by atoms with van der Waals surface area (Å²) < 4.78 is 57.6. The van der Waals surface area contributed by atoms with E-state index in [2.05, 4.69) is 14.5 Å². The summed E-state index contributed by atoms with van der Waals surface area (Å²) in [6.45, 7) is 0. The van der Waals surface area contributed by atoms with Crippen LogP contribution in [0.2, 0.25) is 0 Å². The number of alkyl halides is 3. The minimum Gasteiger partial charge on any atom is -0.469 e. The molecule has 0 saturated carbocycles. The normalized spacial score (nSPS) is 11.1. The van der Waals surface area contributed by atoms with Crippen LogP contribution in [0.5, 0.6) is 5.75 Å². The number of ether oxygens (including phenoxy) is 2. The molecule has 0 aromatic carbocycles. The number of halogens is 4. The van der Waals surface area contributed by atoms with Gasteiger partial charge in [-0.1, -0.05) is 0 Å². The fraction of sp³-hybridized carbons (Fsp3) is 0.333. The quantitative estimate of drug-likeness (QED) is 0.276. The summed E-state index contributed by atoms with van der Waals surface area (Å²) in [4.78, 5) is 23.3. The van der Waals surface area contributed by atoms with Crippen molar-refractivity contribution in [3.63, 3.8) is 0 Å². The van der Waals surface area contributed by atoms with E-state index in [9.17, 15) is 32.5 Å². The highest BCUT2D eigenvalue weighted by Gasteiger charge is 2.37. The number of esters is 1. The van der Waals surface area contributed by atoms with Gasteiger partial charge in [-0.2, -0.15) is 4.39 Å². The van der Waals surface area contributed by atoms with Gasteiger partial charge in [-0.25, -0.2) is 4.98 Å². The summed E-state index contributed by atoms with van der Waals surface area (Å²) in [5, 5.41) is 10.6. The Morgan fingerprint density at radius 2 is 2.10 bits per heavy atom. The molecule has 0 aliphatic rings. The molecule has 0 radical (unpaired) electrons. The van der Waals surface area contributed by atoms with Gasteiger partial charge in [0.05, 0.1) is 24.0 Å². The Morgan fingerprint density at radius 3 is 2.55 bits per heavy atom. The van der Waals surface area contributed by atoms with Crippen molar-refractivity contribution in [3.8, 4) is 5.75 Å². The number of pyridine rings is 1. The Morgan fingerprint density at radius 1 is 1.50 bits per heavy atom. The first-order chi connectivity index (χ1) is 9.15. The number of carbonyl (C=O) groups is 1. The number of nitro groups is 1. The molecular formula is C9H6F4N2O5. The van der Waals surface area contributed by atoms with Crippen molar-refractivity contribution < 1.29 is 36.8 Å². The first kappa shape index (κ1) is 15.6. The first-order valence-electron chi connectivity index (χ1n) is 4.80. The van der Waals surface area contributed by atoms with Gasteiger partial charge in [0, 0.05) is 0 Å². The highest BCUT2D eigenvalue weighted by atomic mass is 19.4. The number of carbonyl (C=O) groups excluding carboxylic acids is 1. The van der Waals surface area contributed by atoms with Crippen LogP contribution in [0, 0.1) is 16.1 Å². The molecule has 1 rings (SSSR count). The summed E-state index contributed by atoms with van der Waals surface area (Å²) in [5.74, 6) is -4.04. The first-order valence-corrected chi connectivity index (χ1v) is 4.80. The monoisotopic (exact) mass is 298 g/mol. The molecule has 0 bridgehead atoms. The zero-order valence-electron chi connectivity index (χ0n) is 9.73. The Hall–Kier alpha value is -2.46. The number of hydrogen-bond donors (Lipinski definition) is 0. The molecule has 20 heavy (non-hydrogen) atoms. The van der Waals surface area contributed by atoms with Crippen LogP contribution >= 0.6 is 0 Å². The zero-order valence-corrected chi connectivity index (χ0v) is 9.73. The third-order valence-electron chi connectivity index (χ3n) is 2.02. The van der Waals surface area contributed by atoms with E-state index >= 15 is 0 Å². The van der Waals surface area contributed by atoms with E-state index in [4.69, 9.17) is 0 Å². The topological polar surface area (TPSA) is 91.6 Å². The Labute approximate surface area is 108 Å². The van der Waals surface area contributed by atoms with Gasteiger partial charge in [-0.05, 0) is 0 Å². The van der Waals surface area contributed by atoms with Crippen molar-refractivity contribution in [2.45, 2.75) is 12.8 Å². The van der Waals surface area contributed by atoms with Crippen molar-refractivity contribution in [1.29, 1.82) is 0 Å². The van der Waals surface area contributed by atoms with Gasteiger partial charge in [0.25, 0.3) is 0 Å². The Bertz CT molecular complexity index is 546. The highest BCUT2D eigenvalue weighted by molar-refractivity contribution is 5.74. The number of nitrogens with zero attached hydrogens (tertiary/aromatic N) is 2. The smallest absolute Gasteiger partial charge is 0.469 e. The van der Waals surface area contributed by atoms with Crippen molar-refractivity contribution in [2.24, 2.45) is 0 Å². The fourth-order valence-corrected chi connectivity index (χ4v) is 1.23. The van der Waals surface area contributed by atoms with Crippen molar-refractivity contribution in [3.05, 3.63) is 27.8 Å².